The lowest BCUT2D eigenvalue weighted by molar-refractivity contribution is -0.0958. The van der Waals surface area contributed by atoms with Gasteiger partial charge in [0.2, 0.25) is 0 Å². The van der Waals surface area contributed by atoms with Gasteiger partial charge in [-0.2, -0.15) is 0 Å². The Balaban J connectivity index is 1.74. The van der Waals surface area contributed by atoms with Crippen LogP contribution in [0.3, 0.4) is 0 Å². The number of rotatable bonds is 2. The van der Waals surface area contributed by atoms with E-state index < -0.39 is 5.60 Å². The molecule has 18 heavy (non-hydrogen) atoms. The molecule has 0 radical (unpaired) electrons. The number of nitrogens with zero attached hydrogens (tertiary/aromatic N) is 1. The number of β-amino-alcohol motifs (C(OH)–C–C–N with tert-alkyl or cyclic N) is 1. The van der Waals surface area contributed by atoms with E-state index in [1.54, 1.807) is 23.1 Å². The van der Waals surface area contributed by atoms with Crippen LogP contribution < -0.4 is 0 Å². The molecule has 1 N–H and O–H groups in total. The Bertz CT molecular complexity index is 508. The molecule has 3 rings (SSSR count). The standard InChI is InChI=1S/C13H13Cl2NO2/c14-10-3-1-2-9(11(10)15)12(17)16-6-13(18,7-16)8-4-5-8/h1-3,8,18H,4-7H2. The van der Waals surface area contributed by atoms with E-state index in [1.807, 2.05) is 0 Å². The Labute approximate surface area is 115 Å². The summed E-state index contributed by atoms with van der Waals surface area (Å²) >= 11 is 11.9. The van der Waals surface area contributed by atoms with E-state index in [0.29, 0.717) is 29.6 Å². The van der Waals surface area contributed by atoms with Crippen molar-refractivity contribution >= 4 is 29.1 Å². The molecule has 1 heterocycles. The normalized spacial score (nSPS) is 21.6. The molecular formula is C13H13Cl2NO2. The first kappa shape index (κ1) is 12.3. The van der Waals surface area contributed by atoms with E-state index in [1.165, 1.54) is 0 Å². The van der Waals surface area contributed by atoms with E-state index in [9.17, 15) is 9.90 Å². The number of carbonyl (C=O) groups is 1. The van der Waals surface area contributed by atoms with Crippen LogP contribution in [0.15, 0.2) is 18.2 Å². The lowest BCUT2D eigenvalue weighted by Gasteiger charge is -2.47. The van der Waals surface area contributed by atoms with E-state index in [2.05, 4.69) is 0 Å². The molecule has 5 heteroatoms. The van der Waals surface area contributed by atoms with Crippen LogP contribution >= 0.6 is 23.2 Å². The third-order valence-electron chi connectivity index (χ3n) is 3.74. The van der Waals surface area contributed by atoms with E-state index in [4.69, 9.17) is 23.2 Å². The molecule has 1 saturated carbocycles. The summed E-state index contributed by atoms with van der Waals surface area (Å²) in [5.41, 5.74) is -0.261. The second-order valence-electron chi connectivity index (χ2n) is 5.14. The molecular weight excluding hydrogens is 273 g/mol. The largest absolute Gasteiger partial charge is 0.386 e. The summed E-state index contributed by atoms with van der Waals surface area (Å²) < 4.78 is 0. The third kappa shape index (κ3) is 1.91. The zero-order chi connectivity index (χ0) is 12.9. The predicted molar refractivity (Wildman–Crippen MR) is 70.0 cm³/mol. The summed E-state index contributed by atoms with van der Waals surface area (Å²) in [5, 5.41) is 10.8. The molecule has 1 aliphatic carbocycles. The zero-order valence-electron chi connectivity index (χ0n) is 9.70. The van der Waals surface area contributed by atoms with Crippen molar-refractivity contribution in [2.24, 2.45) is 5.92 Å². The molecule has 1 aliphatic heterocycles. The first-order valence-corrected chi connectivity index (χ1v) is 6.72. The number of hydrogen-bond acceptors (Lipinski definition) is 2. The van der Waals surface area contributed by atoms with Crippen LogP contribution in [0.25, 0.3) is 0 Å². The van der Waals surface area contributed by atoms with Crippen molar-refractivity contribution in [2.45, 2.75) is 18.4 Å². The fourth-order valence-electron chi connectivity index (χ4n) is 2.48. The Hall–Kier alpha value is -0.770. The molecule has 0 aromatic heterocycles. The Morgan fingerprint density at radius 1 is 1.33 bits per heavy atom. The zero-order valence-corrected chi connectivity index (χ0v) is 11.2. The van der Waals surface area contributed by atoms with Crippen molar-refractivity contribution < 1.29 is 9.90 Å². The molecule has 3 nitrogen and oxygen atoms in total. The number of likely N-dealkylation sites (tertiary alicyclic amines) is 1. The fraction of sp³-hybridized carbons (Fsp3) is 0.462. The van der Waals surface area contributed by atoms with Gasteiger partial charge in [-0.05, 0) is 30.9 Å². The van der Waals surface area contributed by atoms with Crippen LogP contribution in [-0.4, -0.2) is 34.6 Å². The number of aliphatic hydroxyl groups is 1. The minimum absolute atomic E-state index is 0.159. The first-order chi connectivity index (χ1) is 8.51. The van der Waals surface area contributed by atoms with Gasteiger partial charge in [0.05, 0.1) is 28.7 Å². The van der Waals surface area contributed by atoms with Crippen molar-refractivity contribution in [1.29, 1.82) is 0 Å². The van der Waals surface area contributed by atoms with Crippen LogP contribution in [0, 0.1) is 5.92 Å². The van der Waals surface area contributed by atoms with E-state index >= 15 is 0 Å². The van der Waals surface area contributed by atoms with Gasteiger partial charge >= 0.3 is 0 Å². The summed E-state index contributed by atoms with van der Waals surface area (Å²) in [7, 11) is 0. The highest BCUT2D eigenvalue weighted by molar-refractivity contribution is 6.43. The molecule has 2 fully saturated rings. The number of halogens is 2. The molecule has 2 aliphatic rings. The highest BCUT2D eigenvalue weighted by atomic mass is 35.5. The average molecular weight is 286 g/mol. The Kier molecular flexibility index (Phi) is 2.81. The summed E-state index contributed by atoms with van der Waals surface area (Å²) in [6.45, 7) is 0.804. The van der Waals surface area contributed by atoms with E-state index in [0.717, 1.165) is 12.8 Å². The van der Waals surface area contributed by atoms with Crippen LogP contribution in [0.4, 0.5) is 0 Å². The molecule has 0 bridgehead atoms. The van der Waals surface area contributed by atoms with Crippen LogP contribution in [0.5, 0.6) is 0 Å². The lowest BCUT2D eigenvalue weighted by Crippen LogP contribution is -2.64. The topological polar surface area (TPSA) is 40.5 Å². The van der Waals surface area contributed by atoms with Crippen LogP contribution in [0.2, 0.25) is 10.0 Å². The predicted octanol–water partition coefficient (Wildman–Crippen LogP) is 2.59. The number of hydrogen-bond donors (Lipinski definition) is 1. The smallest absolute Gasteiger partial charge is 0.255 e. The maximum atomic E-state index is 12.2. The minimum Gasteiger partial charge on any atom is -0.386 e. The van der Waals surface area contributed by atoms with Crippen molar-refractivity contribution in [3.63, 3.8) is 0 Å². The Morgan fingerprint density at radius 3 is 2.61 bits per heavy atom. The number of carbonyl (C=O) groups excluding carboxylic acids is 1. The molecule has 96 valence electrons. The molecule has 1 amide bonds. The van der Waals surface area contributed by atoms with Gasteiger partial charge in [-0.25, -0.2) is 0 Å². The van der Waals surface area contributed by atoms with Crippen LogP contribution in [0.1, 0.15) is 23.2 Å². The summed E-state index contributed by atoms with van der Waals surface area (Å²) in [6, 6.07) is 5.01. The van der Waals surface area contributed by atoms with Crippen LogP contribution in [-0.2, 0) is 0 Å². The lowest BCUT2D eigenvalue weighted by atomic mass is 9.88. The number of amides is 1. The minimum atomic E-state index is -0.666. The molecule has 1 aromatic rings. The van der Waals surface area contributed by atoms with E-state index in [-0.39, 0.29) is 10.9 Å². The highest BCUT2D eigenvalue weighted by Gasteiger charge is 2.53. The molecule has 0 unspecified atom stereocenters. The maximum Gasteiger partial charge on any atom is 0.255 e. The quantitative estimate of drug-likeness (QED) is 0.907. The van der Waals surface area contributed by atoms with Gasteiger partial charge in [0.1, 0.15) is 5.60 Å². The van der Waals surface area contributed by atoms with Crippen molar-refractivity contribution in [3.05, 3.63) is 33.8 Å². The van der Waals surface area contributed by atoms with Gasteiger partial charge in [0.15, 0.2) is 0 Å². The van der Waals surface area contributed by atoms with Gasteiger partial charge in [0.25, 0.3) is 5.91 Å². The Morgan fingerprint density at radius 2 is 2.00 bits per heavy atom. The summed E-state index contributed by atoms with van der Waals surface area (Å²) in [4.78, 5) is 13.8. The number of benzene rings is 1. The second-order valence-corrected chi connectivity index (χ2v) is 5.93. The van der Waals surface area contributed by atoms with Crippen molar-refractivity contribution in [1.82, 2.24) is 4.90 Å². The average Bonchev–Trinajstić information content (AvgIpc) is 3.12. The molecule has 1 saturated heterocycles. The molecule has 1 aromatic carbocycles. The summed E-state index contributed by atoms with van der Waals surface area (Å²) in [6.07, 6.45) is 2.13. The molecule has 0 atom stereocenters. The highest BCUT2D eigenvalue weighted by Crippen LogP contribution is 2.45. The molecule has 0 spiro atoms. The SMILES string of the molecule is O=C(c1cccc(Cl)c1Cl)N1CC(O)(C2CC2)C1. The monoisotopic (exact) mass is 285 g/mol. The van der Waals surface area contributed by atoms with Gasteiger partial charge in [-0.3, -0.25) is 4.79 Å². The second kappa shape index (κ2) is 4.12. The van der Waals surface area contributed by atoms with Gasteiger partial charge in [0, 0.05) is 0 Å². The van der Waals surface area contributed by atoms with Crippen molar-refractivity contribution in [2.75, 3.05) is 13.1 Å². The fourth-order valence-corrected chi connectivity index (χ4v) is 2.86. The third-order valence-corrected chi connectivity index (χ3v) is 4.55. The van der Waals surface area contributed by atoms with Gasteiger partial charge < -0.3 is 10.0 Å². The summed E-state index contributed by atoms with van der Waals surface area (Å²) in [5.74, 6) is 0.212. The van der Waals surface area contributed by atoms with Gasteiger partial charge in [-0.15, -0.1) is 0 Å². The van der Waals surface area contributed by atoms with Gasteiger partial charge in [-0.1, -0.05) is 29.3 Å². The van der Waals surface area contributed by atoms with Crippen molar-refractivity contribution in [3.8, 4) is 0 Å². The maximum absolute atomic E-state index is 12.2. The first-order valence-electron chi connectivity index (χ1n) is 5.97.